The maximum absolute atomic E-state index is 6.00. The van der Waals surface area contributed by atoms with Gasteiger partial charge in [-0.1, -0.05) is 23.7 Å². The summed E-state index contributed by atoms with van der Waals surface area (Å²) < 4.78 is 5.12. The van der Waals surface area contributed by atoms with Crippen molar-refractivity contribution in [1.82, 2.24) is 4.90 Å². The molecular formula is C13H15ClN2O. The van der Waals surface area contributed by atoms with Crippen LogP contribution in [0.5, 0.6) is 5.75 Å². The number of nitrogens with two attached hydrogens (primary N) is 1. The third kappa shape index (κ3) is 3.17. The zero-order valence-electron chi connectivity index (χ0n) is 9.69. The van der Waals surface area contributed by atoms with Crippen LogP contribution in [0.2, 0.25) is 0 Å². The van der Waals surface area contributed by atoms with Gasteiger partial charge in [-0.15, -0.1) is 0 Å². The van der Waals surface area contributed by atoms with E-state index in [1.54, 1.807) is 13.2 Å². The van der Waals surface area contributed by atoms with Crippen LogP contribution in [0, 0.1) is 0 Å². The van der Waals surface area contributed by atoms with Gasteiger partial charge in [0.2, 0.25) is 0 Å². The highest BCUT2D eigenvalue weighted by atomic mass is 35.5. The fraction of sp³-hybridized carbons (Fsp3) is 0.231. The van der Waals surface area contributed by atoms with Gasteiger partial charge in [-0.25, -0.2) is 0 Å². The molecule has 0 atom stereocenters. The van der Waals surface area contributed by atoms with Gasteiger partial charge in [-0.3, -0.25) is 0 Å². The SMILES string of the molecule is COc1ccc(CN2C=C(N)C=C(Cl)C2)cc1. The molecule has 0 saturated heterocycles. The first-order valence-electron chi connectivity index (χ1n) is 5.38. The second kappa shape index (κ2) is 5.15. The molecular weight excluding hydrogens is 236 g/mol. The Labute approximate surface area is 106 Å². The molecule has 0 fully saturated rings. The van der Waals surface area contributed by atoms with Gasteiger partial charge in [-0.05, 0) is 23.8 Å². The Morgan fingerprint density at radius 2 is 2.06 bits per heavy atom. The van der Waals surface area contributed by atoms with E-state index >= 15 is 0 Å². The fourth-order valence-electron chi connectivity index (χ4n) is 1.78. The fourth-order valence-corrected chi connectivity index (χ4v) is 2.06. The standard InChI is InChI=1S/C13H15ClN2O/c1-17-13-4-2-10(3-5-13)7-16-8-11(14)6-12(15)9-16/h2-6,9H,7-8,15H2,1H3. The van der Waals surface area contributed by atoms with Crippen LogP contribution in [-0.2, 0) is 6.54 Å². The average Bonchev–Trinajstić information content (AvgIpc) is 2.28. The summed E-state index contributed by atoms with van der Waals surface area (Å²) in [6, 6.07) is 7.97. The van der Waals surface area contributed by atoms with Gasteiger partial charge in [-0.2, -0.15) is 0 Å². The Hall–Kier alpha value is -1.61. The quantitative estimate of drug-likeness (QED) is 0.896. The predicted octanol–water partition coefficient (Wildman–Crippen LogP) is 2.43. The van der Waals surface area contributed by atoms with E-state index in [-0.39, 0.29) is 0 Å². The molecule has 2 rings (SSSR count). The minimum Gasteiger partial charge on any atom is -0.497 e. The third-order valence-electron chi connectivity index (χ3n) is 2.55. The Morgan fingerprint density at radius 3 is 2.65 bits per heavy atom. The van der Waals surface area contributed by atoms with E-state index in [1.165, 1.54) is 5.56 Å². The molecule has 17 heavy (non-hydrogen) atoms. The summed E-state index contributed by atoms with van der Waals surface area (Å²) in [6.45, 7) is 1.49. The summed E-state index contributed by atoms with van der Waals surface area (Å²) in [4.78, 5) is 2.08. The first-order valence-corrected chi connectivity index (χ1v) is 5.75. The smallest absolute Gasteiger partial charge is 0.118 e. The maximum atomic E-state index is 6.00. The Morgan fingerprint density at radius 1 is 1.35 bits per heavy atom. The molecule has 0 aliphatic carbocycles. The van der Waals surface area contributed by atoms with Gasteiger partial charge in [0.25, 0.3) is 0 Å². The predicted molar refractivity (Wildman–Crippen MR) is 69.6 cm³/mol. The summed E-state index contributed by atoms with van der Waals surface area (Å²) >= 11 is 6.00. The van der Waals surface area contributed by atoms with Gasteiger partial charge in [0.05, 0.1) is 13.7 Å². The minimum atomic E-state index is 0.690. The number of ether oxygens (including phenoxy) is 1. The number of hydrogen-bond acceptors (Lipinski definition) is 3. The molecule has 1 heterocycles. The van der Waals surface area contributed by atoms with E-state index in [0.717, 1.165) is 17.3 Å². The van der Waals surface area contributed by atoms with Crippen LogP contribution < -0.4 is 10.5 Å². The van der Waals surface area contributed by atoms with Gasteiger partial charge in [0, 0.05) is 23.5 Å². The molecule has 0 amide bonds. The molecule has 1 aliphatic heterocycles. The number of halogens is 1. The normalized spacial score (nSPS) is 15.3. The van der Waals surface area contributed by atoms with Crippen LogP contribution in [0.1, 0.15) is 5.56 Å². The van der Waals surface area contributed by atoms with Crippen molar-refractivity contribution in [2.75, 3.05) is 13.7 Å². The lowest BCUT2D eigenvalue weighted by atomic mass is 10.2. The topological polar surface area (TPSA) is 38.5 Å². The lowest BCUT2D eigenvalue weighted by molar-refractivity contribution is 0.396. The van der Waals surface area contributed by atoms with Crippen molar-refractivity contribution in [2.45, 2.75) is 6.54 Å². The van der Waals surface area contributed by atoms with Gasteiger partial charge in [0.15, 0.2) is 0 Å². The number of benzene rings is 1. The van der Waals surface area contributed by atoms with E-state index in [2.05, 4.69) is 4.90 Å². The largest absolute Gasteiger partial charge is 0.497 e. The maximum Gasteiger partial charge on any atom is 0.118 e. The summed E-state index contributed by atoms with van der Waals surface area (Å²) in [5, 5.41) is 0.763. The molecule has 4 heteroatoms. The molecule has 90 valence electrons. The molecule has 3 nitrogen and oxygen atoms in total. The van der Waals surface area contributed by atoms with Crippen molar-refractivity contribution in [2.24, 2.45) is 5.73 Å². The van der Waals surface area contributed by atoms with Gasteiger partial charge in [0.1, 0.15) is 5.75 Å². The van der Waals surface area contributed by atoms with E-state index in [0.29, 0.717) is 12.2 Å². The Balaban J connectivity index is 2.04. The average molecular weight is 251 g/mol. The van der Waals surface area contributed by atoms with Crippen LogP contribution in [-0.4, -0.2) is 18.6 Å². The molecule has 0 bridgehead atoms. The van der Waals surface area contributed by atoms with Crippen molar-refractivity contribution < 1.29 is 4.74 Å². The number of allylic oxidation sites excluding steroid dienone is 1. The van der Waals surface area contributed by atoms with Crippen molar-refractivity contribution >= 4 is 11.6 Å². The molecule has 1 aliphatic rings. The number of methoxy groups -OCH3 is 1. The van der Waals surface area contributed by atoms with Crippen LogP contribution >= 0.6 is 11.6 Å². The minimum absolute atomic E-state index is 0.690. The monoisotopic (exact) mass is 250 g/mol. The Bertz CT molecular complexity index is 451. The van der Waals surface area contributed by atoms with Gasteiger partial charge < -0.3 is 15.4 Å². The molecule has 0 spiro atoms. The zero-order valence-corrected chi connectivity index (χ0v) is 10.4. The lowest BCUT2D eigenvalue weighted by Crippen LogP contribution is -2.23. The second-order valence-electron chi connectivity index (χ2n) is 3.97. The van der Waals surface area contributed by atoms with Crippen LogP contribution in [0.3, 0.4) is 0 Å². The van der Waals surface area contributed by atoms with Crippen LogP contribution in [0.25, 0.3) is 0 Å². The molecule has 2 N–H and O–H groups in total. The molecule has 1 aromatic rings. The molecule has 0 radical (unpaired) electrons. The van der Waals surface area contributed by atoms with E-state index < -0.39 is 0 Å². The Kier molecular flexibility index (Phi) is 3.59. The lowest BCUT2D eigenvalue weighted by Gasteiger charge is -2.24. The summed E-state index contributed by atoms with van der Waals surface area (Å²) in [6.07, 6.45) is 3.70. The first-order chi connectivity index (χ1) is 8.17. The molecule has 0 saturated carbocycles. The van der Waals surface area contributed by atoms with E-state index in [9.17, 15) is 0 Å². The third-order valence-corrected chi connectivity index (χ3v) is 2.78. The van der Waals surface area contributed by atoms with Crippen LogP contribution in [0.4, 0.5) is 0 Å². The summed E-state index contributed by atoms with van der Waals surface area (Å²) in [5.74, 6) is 0.861. The molecule has 0 unspecified atom stereocenters. The highest BCUT2D eigenvalue weighted by Gasteiger charge is 2.09. The van der Waals surface area contributed by atoms with E-state index in [1.807, 2.05) is 30.5 Å². The second-order valence-corrected chi connectivity index (χ2v) is 4.46. The highest BCUT2D eigenvalue weighted by molar-refractivity contribution is 6.30. The molecule has 0 aromatic heterocycles. The highest BCUT2D eigenvalue weighted by Crippen LogP contribution is 2.18. The van der Waals surface area contributed by atoms with Gasteiger partial charge >= 0.3 is 0 Å². The van der Waals surface area contributed by atoms with Crippen LogP contribution in [0.15, 0.2) is 47.3 Å². The first kappa shape index (κ1) is 11.9. The molecule has 1 aromatic carbocycles. The number of rotatable bonds is 3. The zero-order chi connectivity index (χ0) is 12.3. The van der Waals surface area contributed by atoms with Crippen molar-refractivity contribution in [3.8, 4) is 5.75 Å². The summed E-state index contributed by atoms with van der Waals surface area (Å²) in [7, 11) is 1.66. The number of nitrogens with zero attached hydrogens (tertiary/aromatic N) is 1. The van der Waals surface area contributed by atoms with Crippen molar-refractivity contribution in [3.63, 3.8) is 0 Å². The summed E-state index contributed by atoms with van der Waals surface area (Å²) in [5.41, 5.74) is 7.64. The number of hydrogen-bond donors (Lipinski definition) is 1. The van der Waals surface area contributed by atoms with E-state index in [4.69, 9.17) is 22.1 Å². The van der Waals surface area contributed by atoms with Crippen molar-refractivity contribution in [3.05, 3.63) is 52.8 Å². The van der Waals surface area contributed by atoms with Crippen molar-refractivity contribution in [1.29, 1.82) is 0 Å².